The fourth-order valence-corrected chi connectivity index (χ4v) is 3.55. The van der Waals surface area contributed by atoms with Gasteiger partial charge in [0.2, 0.25) is 0 Å². The lowest BCUT2D eigenvalue weighted by molar-refractivity contribution is 0.0935. The molecule has 0 saturated heterocycles. The van der Waals surface area contributed by atoms with Crippen molar-refractivity contribution in [3.63, 3.8) is 0 Å². The Morgan fingerprint density at radius 2 is 1.84 bits per heavy atom. The zero-order valence-corrected chi connectivity index (χ0v) is 16.4. The third-order valence-electron chi connectivity index (χ3n) is 4.06. The van der Waals surface area contributed by atoms with E-state index in [0.29, 0.717) is 24.3 Å². The minimum Gasteiger partial charge on any atom is -0.497 e. The van der Waals surface area contributed by atoms with Gasteiger partial charge in [-0.3, -0.25) is 9.69 Å². The van der Waals surface area contributed by atoms with Crippen LogP contribution in [0.2, 0.25) is 0 Å². The monoisotopic (exact) mass is 361 g/mol. The van der Waals surface area contributed by atoms with Gasteiger partial charge in [-0.25, -0.2) is 4.98 Å². The number of aromatic nitrogens is 1. The molecular weight excluding hydrogens is 334 g/mol. The molecule has 0 saturated carbocycles. The van der Waals surface area contributed by atoms with E-state index < -0.39 is 0 Å². The summed E-state index contributed by atoms with van der Waals surface area (Å²) >= 11 is 1.47. The summed E-state index contributed by atoms with van der Waals surface area (Å²) in [5.41, 5.74) is 1.45. The van der Waals surface area contributed by atoms with E-state index >= 15 is 0 Å². The molecule has 1 heterocycles. The van der Waals surface area contributed by atoms with Crippen molar-refractivity contribution < 1.29 is 9.53 Å². The summed E-state index contributed by atoms with van der Waals surface area (Å²) in [5, 5.41) is 5.60. The predicted octanol–water partition coefficient (Wildman–Crippen LogP) is 3.67. The fourth-order valence-electron chi connectivity index (χ4n) is 2.75. The Hall–Kier alpha value is -1.92. The van der Waals surface area contributed by atoms with Crippen LogP contribution in [-0.2, 0) is 0 Å². The highest BCUT2D eigenvalue weighted by Crippen LogP contribution is 2.25. The molecule has 0 aliphatic carbocycles. The molecule has 2 rings (SSSR count). The third-order valence-corrected chi connectivity index (χ3v) is 4.95. The summed E-state index contributed by atoms with van der Waals surface area (Å²) in [7, 11) is 1.64. The number of thiazole rings is 1. The zero-order chi connectivity index (χ0) is 18.4. The highest BCUT2D eigenvalue weighted by molar-refractivity contribution is 7.13. The first-order valence-electron chi connectivity index (χ1n) is 8.56. The molecule has 5 nitrogen and oxygen atoms in total. The van der Waals surface area contributed by atoms with Gasteiger partial charge < -0.3 is 10.1 Å². The van der Waals surface area contributed by atoms with Crippen LogP contribution in [-0.4, -0.2) is 48.1 Å². The molecule has 136 valence electrons. The first-order valence-corrected chi connectivity index (χ1v) is 9.44. The lowest BCUT2D eigenvalue weighted by Crippen LogP contribution is -2.42. The van der Waals surface area contributed by atoms with Crippen molar-refractivity contribution in [2.75, 3.05) is 20.2 Å². The summed E-state index contributed by atoms with van der Waals surface area (Å²) in [6, 6.07) is 8.59. The number of methoxy groups -OCH3 is 1. The summed E-state index contributed by atoms with van der Waals surface area (Å²) in [6.45, 7) is 10.1. The molecule has 0 radical (unpaired) electrons. The number of carbonyl (C=O) groups is 1. The van der Waals surface area contributed by atoms with Crippen LogP contribution in [0.3, 0.4) is 0 Å². The van der Waals surface area contributed by atoms with Crippen molar-refractivity contribution >= 4 is 17.2 Å². The maximum absolute atomic E-state index is 12.3. The molecule has 1 aromatic carbocycles. The van der Waals surface area contributed by atoms with Crippen molar-refractivity contribution in [3.05, 3.63) is 35.3 Å². The average Bonchev–Trinajstić information content (AvgIpc) is 3.08. The second-order valence-corrected chi connectivity index (χ2v) is 7.31. The van der Waals surface area contributed by atoms with Crippen LogP contribution >= 0.6 is 11.3 Å². The molecule has 1 amide bonds. The molecule has 0 fully saturated rings. The Bertz CT molecular complexity index is 672. The second kappa shape index (κ2) is 8.97. The van der Waals surface area contributed by atoms with E-state index in [9.17, 15) is 4.79 Å². The maximum atomic E-state index is 12.3. The summed E-state index contributed by atoms with van der Waals surface area (Å²) in [4.78, 5) is 19.1. The standard InChI is InChI=1S/C19H27N3O2S/c1-13(2)22(14(3)4)11-10-20-18(23)17-12-25-19(21-17)15-6-8-16(24-5)9-7-15/h6-9,12-14H,10-11H2,1-5H3,(H,20,23). The molecule has 0 aliphatic rings. The number of ether oxygens (including phenoxy) is 1. The number of nitrogens with zero attached hydrogens (tertiary/aromatic N) is 2. The Balaban J connectivity index is 1.93. The minimum atomic E-state index is -0.122. The van der Waals surface area contributed by atoms with E-state index in [4.69, 9.17) is 4.74 Å². The van der Waals surface area contributed by atoms with Crippen LogP contribution in [0.25, 0.3) is 10.6 Å². The number of hydrogen-bond donors (Lipinski definition) is 1. The number of hydrogen-bond acceptors (Lipinski definition) is 5. The second-order valence-electron chi connectivity index (χ2n) is 6.45. The number of benzene rings is 1. The van der Waals surface area contributed by atoms with Crippen molar-refractivity contribution in [3.8, 4) is 16.3 Å². The molecule has 2 aromatic rings. The van der Waals surface area contributed by atoms with Gasteiger partial charge in [0, 0.05) is 36.1 Å². The number of amides is 1. The highest BCUT2D eigenvalue weighted by atomic mass is 32.1. The molecule has 0 atom stereocenters. The molecular formula is C19H27N3O2S. The van der Waals surface area contributed by atoms with Crippen LogP contribution in [0.4, 0.5) is 0 Å². The molecule has 0 bridgehead atoms. The van der Waals surface area contributed by atoms with E-state index in [1.807, 2.05) is 24.3 Å². The maximum Gasteiger partial charge on any atom is 0.270 e. The van der Waals surface area contributed by atoms with E-state index in [2.05, 4.69) is 42.9 Å². The summed E-state index contributed by atoms with van der Waals surface area (Å²) in [6.07, 6.45) is 0. The van der Waals surface area contributed by atoms with Crippen molar-refractivity contribution in [2.45, 2.75) is 39.8 Å². The third kappa shape index (κ3) is 5.28. The Morgan fingerprint density at radius 1 is 1.20 bits per heavy atom. The van der Waals surface area contributed by atoms with Gasteiger partial charge >= 0.3 is 0 Å². The normalized spacial score (nSPS) is 11.4. The lowest BCUT2D eigenvalue weighted by Gasteiger charge is -2.30. The summed E-state index contributed by atoms with van der Waals surface area (Å²) < 4.78 is 5.16. The Kier molecular flexibility index (Phi) is 6.96. The number of rotatable bonds is 8. The Morgan fingerprint density at radius 3 is 2.40 bits per heavy atom. The van der Waals surface area contributed by atoms with Crippen molar-refractivity contribution in [2.24, 2.45) is 0 Å². The van der Waals surface area contributed by atoms with Crippen molar-refractivity contribution in [1.29, 1.82) is 0 Å². The van der Waals surface area contributed by atoms with Crippen LogP contribution in [0.15, 0.2) is 29.6 Å². The van der Waals surface area contributed by atoms with Gasteiger partial charge in [-0.05, 0) is 52.0 Å². The van der Waals surface area contributed by atoms with Gasteiger partial charge in [0.1, 0.15) is 16.5 Å². The van der Waals surface area contributed by atoms with Crippen LogP contribution in [0.1, 0.15) is 38.2 Å². The van der Waals surface area contributed by atoms with Gasteiger partial charge in [0.15, 0.2) is 0 Å². The fraction of sp³-hybridized carbons (Fsp3) is 0.474. The largest absolute Gasteiger partial charge is 0.497 e. The topological polar surface area (TPSA) is 54.5 Å². The van der Waals surface area contributed by atoms with Crippen LogP contribution < -0.4 is 10.1 Å². The Labute approximate surface area is 154 Å². The summed E-state index contributed by atoms with van der Waals surface area (Å²) in [5.74, 6) is 0.682. The molecule has 0 spiro atoms. The van der Waals surface area contributed by atoms with E-state index in [0.717, 1.165) is 22.9 Å². The minimum absolute atomic E-state index is 0.122. The first-order chi connectivity index (χ1) is 11.9. The van der Waals surface area contributed by atoms with E-state index in [1.54, 1.807) is 12.5 Å². The number of carbonyl (C=O) groups excluding carboxylic acids is 1. The predicted molar refractivity (Wildman–Crippen MR) is 103 cm³/mol. The van der Waals surface area contributed by atoms with E-state index in [1.165, 1.54) is 11.3 Å². The molecule has 0 unspecified atom stereocenters. The highest BCUT2D eigenvalue weighted by Gasteiger charge is 2.15. The lowest BCUT2D eigenvalue weighted by atomic mass is 10.2. The molecule has 25 heavy (non-hydrogen) atoms. The molecule has 1 aromatic heterocycles. The van der Waals surface area contributed by atoms with Gasteiger partial charge in [-0.15, -0.1) is 11.3 Å². The van der Waals surface area contributed by atoms with Gasteiger partial charge in [-0.2, -0.15) is 0 Å². The van der Waals surface area contributed by atoms with Crippen molar-refractivity contribution in [1.82, 2.24) is 15.2 Å². The van der Waals surface area contributed by atoms with Gasteiger partial charge in [0.25, 0.3) is 5.91 Å². The molecule has 1 N–H and O–H groups in total. The van der Waals surface area contributed by atoms with Crippen LogP contribution in [0, 0.1) is 0 Å². The average molecular weight is 362 g/mol. The van der Waals surface area contributed by atoms with Crippen LogP contribution in [0.5, 0.6) is 5.75 Å². The van der Waals surface area contributed by atoms with Gasteiger partial charge in [0.05, 0.1) is 7.11 Å². The van der Waals surface area contributed by atoms with E-state index in [-0.39, 0.29) is 5.91 Å². The smallest absolute Gasteiger partial charge is 0.270 e. The number of nitrogens with one attached hydrogen (secondary N) is 1. The zero-order valence-electron chi connectivity index (χ0n) is 15.6. The van der Waals surface area contributed by atoms with Gasteiger partial charge in [-0.1, -0.05) is 0 Å². The first kappa shape index (κ1) is 19.4. The quantitative estimate of drug-likeness (QED) is 0.779. The molecule has 0 aliphatic heterocycles. The molecule has 6 heteroatoms. The SMILES string of the molecule is COc1ccc(-c2nc(C(=O)NCCN(C(C)C)C(C)C)cs2)cc1.